The summed E-state index contributed by atoms with van der Waals surface area (Å²) < 4.78 is 5.50. The van der Waals surface area contributed by atoms with Crippen molar-refractivity contribution in [3.63, 3.8) is 0 Å². The summed E-state index contributed by atoms with van der Waals surface area (Å²) in [6, 6.07) is 19.4. The Morgan fingerprint density at radius 2 is 1.81 bits per heavy atom. The van der Waals surface area contributed by atoms with Crippen molar-refractivity contribution < 1.29 is 14.5 Å². The number of nitrogens with one attached hydrogen (secondary N) is 1. The zero-order valence-corrected chi connectivity index (χ0v) is 15.4. The molecule has 26 heavy (non-hydrogen) atoms. The van der Waals surface area contributed by atoms with E-state index in [2.05, 4.69) is 5.32 Å². The summed E-state index contributed by atoms with van der Waals surface area (Å²) in [6.45, 7) is 6.07. The highest BCUT2D eigenvalue weighted by Gasteiger charge is 2.28. The molecular weight excluding hydrogens is 324 g/mol. The number of nitrogens with two attached hydrogens (primary N) is 1. The smallest absolute Gasteiger partial charge is 0.287 e. The van der Waals surface area contributed by atoms with Crippen LogP contribution in [0.5, 0.6) is 0 Å². The highest BCUT2D eigenvalue weighted by Crippen LogP contribution is 2.19. The summed E-state index contributed by atoms with van der Waals surface area (Å²) in [7, 11) is 0. The predicted molar refractivity (Wildman–Crippen MR) is 103 cm³/mol. The number of benzene rings is 2. The number of furan rings is 1. The molecule has 0 saturated carbocycles. The second kappa shape index (κ2) is 8.02. The summed E-state index contributed by atoms with van der Waals surface area (Å²) in [4.78, 5) is 13.1. The van der Waals surface area contributed by atoms with Crippen LogP contribution in [0.1, 0.15) is 41.5 Å². The second-order valence-electron chi connectivity index (χ2n) is 6.69. The molecule has 0 saturated heterocycles. The van der Waals surface area contributed by atoms with E-state index in [9.17, 15) is 4.79 Å². The first kappa shape index (κ1) is 18.0. The summed E-state index contributed by atoms with van der Waals surface area (Å²) in [5, 5.41) is 5.14. The molecule has 134 valence electrons. The molecule has 0 bridgehead atoms. The number of amides is 1. The number of hydrogen-bond donors (Lipinski definition) is 2. The summed E-state index contributed by atoms with van der Waals surface area (Å²) in [5.41, 5.74) is 3.99. The number of anilines is 1. The molecule has 2 aromatic carbocycles. The summed E-state index contributed by atoms with van der Waals surface area (Å²) >= 11 is 0. The van der Waals surface area contributed by atoms with Gasteiger partial charge in [-0.25, -0.2) is 0 Å². The van der Waals surface area contributed by atoms with Gasteiger partial charge in [0.1, 0.15) is 6.04 Å². The molecular formula is C22H25N2O2+. The fourth-order valence-electron chi connectivity index (χ4n) is 3.03. The lowest BCUT2D eigenvalue weighted by atomic mass is 10.0. The Kier molecular flexibility index (Phi) is 5.54. The van der Waals surface area contributed by atoms with Crippen molar-refractivity contribution in [3.05, 3.63) is 89.4 Å². The Hall–Kier alpha value is -2.85. The summed E-state index contributed by atoms with van der Waals surface area (Å²) in [5.74, 6) is 0.814. The van der Waals surface area contributed by atoms with Crippen LogP contribution in [0.25, 0.3) is 0 Å². The lowest BCUT2D eigenvalue weighted by Crippen LogP contribution is -2.87. The fourth-order valence-corrected chi connectivity index (χ4v) is 3.03. The third-order valence-electron chi connectivity index (χ3n) is 4.57. The van der Waals surface area contributed by atoms with Crippen LogP contribution in [-0.4, -0.2) is 5.91 Å². The number of hydrogen-bond acceptors (Lipinski definition) is 2. The van der Waals surface area contributed by atoms with Crippen LogP contribution >= 0.6 is 0 Å². The predicted octanol–water partition coefficient (Wildman–Crippen LogP) is 3.90. The normalized spacial score (nSPS) is 13.2. The van der Waals surface area contributed by atoms with Gasteiger partial charge in [0.25, 0.3) is 5.91 Å². The molecule has 0 aliphatic heterocycles. The molecule has 4 nitrogen and oxygen atoms in total. The SMILES string of the molecule is Cc1ccc(C)c(NC(=O)[C@H]([NH2+][C@@H](C)c2ccco2)c2ccccc2)c1. The topological polar surface area (TPSA) is 58.9 Å². The molecule has 0 aliphatic rings. The molecule has 3 aromatic rings. The van der Waals surface area contributed by atoms with Gasteiger partial charge >= 0.3 is 0 Å². The molecule has 3 N–H and O–H groups in total. The van der Waals surface area contributed by atoms with Crippen LogP contribution < -0.4 is 10.6 Å². The van der Waals surface area contributed by atoms with Gasteiger partial charge in [-0.1, -0.05) is 42.5 Å². The molecule has 0 spiro atoms. The van der Waals surface area contributed by atoms with Crippen molar-refractivity contribution in [1.29, 1.82) is 0 Å². The Morgan fingerprint density at radius 3 is 2.50 bits per heavy atom. The van der Waals surface area contributed by atoms with Crippen molar-refractivity contribution in [3.8, 4) is 0 Å². The van der Waals surface area contributed by atoms with Gasteiger partial charge in [0.15, 0.2) is 11.8 Å². The van der Waals surface area contributed by atoms with Gasteiger partial charge in [-0.3, -0.25) is 4.79 Å². The summed E-state index contributed by atoms with van der Waals surface area (Å²) in [6.07, 6.45) is 1.66. The Labute approximate surface area is 154 Å². The van der Waals surface area contributed by atoms with Gasteiger partial charge < -0.3 is 15.1 Å². The number of carbonyl (C=O) groups is 1. The van der Waals surface area contributed by atoms with E-state index < -0.39 is 0 Å². The van der Waals surface area contributed by atoms with Gasteiger partial charge in [-0.2, -0.15) is 0 Å². The van der Waals surface area contributed by atoms with E-state index in [-0.39, 0.29) is 18.0 Å². The fraction of sp³-hybridized carbons (Fsp3) is 0.227. The lowest BCUT2D eigenvalue weighted by Gasteiger charge is -2.20. The third-order valence-corrected chi connectivity index (χ3v) is 4.57. The number of carbonyl (C=O) groups excluding carboxylic acids is 1. The highest BCUT2D eigenvalue weighted by molar-refractivity contribution is 5.95. The first-order chi connectivity index (χ1) is 12.5. The standard InChI is InChI=1S/C22H24N2O2/c1-15-11-12-16(2)19(14-15)24-22(25)21(18-8-5-4-6-9-18)23-17(3)20-10-7-13-26-20/h4-14,17,21,23H,1-3H3,(H,24,25)/p+1/t17-,21+/m0/s1. The molecule has 2 atom stereocenters. The van der Waals surface area contributed by atoms with Crippen molar-refractivity contribution in [2.75, 3.05) is 5.32 Å². The van der Waals surface area contributed by atoms with Crippen molar-refractivity contribution in [1.82, 2.24) is 0 Å². The quantitative estimate of drug-likeness (QED) is 0.709. The number of aryl methyl sites for hydroxylation is 2. The Morgan fingerprint density at radius 1 is 1.04 bits per heavy atom. The molecule has 3 rings (SSSR count). The maximum absolute atomic E-state index is 13.1. The van der Waals surface area contributed by atoms with E-state index in [1.54, 1.807) is 6.26 Å². The van der Waals surface area contributed by atoms with E-state index in [1.165, 1.54) is 0 Å². The molecule has 1 amide bonds. The molecule has 0 unspecified atom stereocenters. The van der Waals surface area contributed by atoms with Crippen LogP contribution in [0.2, 0.25) is 0 Å². The zero-order chi connectivity index (χ0) is 18.5. The van der Waals surface area contributed by atoms with Gasteiger partial charge in [0, 0.05) is 11.3 Å². The third kappa shape index (κ3) is 4.21. The average Bonchev–Trinajstić information content (AvgIpc) is 3.18. The first-order valence-electron chi connectivity index (χ1n) is 8.86. The Bertz CT molecular complexity index is 857. The Balaban J connectivity index is 1.85. The van der Waals surface area contributed by atoms with Crippen LogP contribution in [0, 0.1) is 13.8 Å². The molecule has 4 heteroatoms. The van der Waals surface area contributed by atoms with Crippen LogP contribution in [0.3, 0.4) is 0 Å². The number of quaternary nitrogens is 1. The minimum absolute atomic E-state index is 0.0274. The van der Waals surface area contributed by atoms with Crippen molar-refractivity contribution in [2.24, 2.45) is 0 Å². The van der Waals surface area contributed by atoms with E-state index in [4.69, 9.17) is 4.42 Å². The van der Waals surface area contributed by atoms with Crippen LogP contribution in [0.4, 0.5) is 5.69 Å². The average molecular weight is 349 g/mol. The van der Waals surface area contributed by atoms with E-state index >= 15 is 0 Å². The van der Waals surface area contributed by atoms with Crippen LogP contribution in [-0.2, 0) is 4.79 Å². The lowest BCUT2D eigenvalue weighted by molar-refractivity contribution is -0.720. The molecule has 1 heterocycles. The maximum atomic E-state index is 13.1. The molecule has 0 aliphatic carbocycles. The van der Waals surface area contributed by atoms with Crippen LogP contribution in [0.15, 0.2) is 71.3 Å². The minimum atomic E-state index is -0.365. The molecule has 1 aromatic heterocycles. The largest absolute Gasteiger partial charge is 0.463 e. The monoisotopic (exact) mass is 349 g/mol. The van der Waals surface area contributed by atoms with Crippen molar-refractivity contribution in [2.45, 2.75) is 32.9 Å². The molecule has 0 radical (unpaired) electrons. The van der Waals surface area contributed by atoms with Crippen molar-refractivity contribution >= 4 is 11.6 Å². The van der Waals surface area contributed by atoms with E-state index in [0.29, 0.717) is 0 Å². The minimum Gasteiger partial charge on any atom is -0.463 e. The number of rotatable bonds is 6. The highest BCUT2D eigenvalue weighted by atomic mass is 16.3. The van der Waals surface area contributed by atoms with E-state index in [1.807, 2.05) is 86.8 Å². The van der Waals surface area contributed by atoms with Gasteiger partial charge in [-0.05, 0) is 50.1 Å². The first-order valence-corrected chi connectivity index (χ1v) is 8.86. The zero-order valence-electron chi connectivity index (χ0n) is 15.4. The second-order valence-corrected chi connectivity index (χ2v) is 6.69. The van der Waals surface area contributed by atoms with Gasteiger partial charge in [0.05, 0.1) is 6.26 Å². The van der Waals surface area contributed by atoms with E-state index in [0.717, 1.165) is 28.1 Å². The maximum Gasteiger partial charge on any atom is 0.287 e. The van der Waals surface area contributed by atoms with Gasteiger partial charge in [-0.15, -0.1) is 0 Å². The van der Waals surface area contributed by atoms with Gasteiger partial charge in [0.2, 0.25) is 0 Å². The molecule has 0 fully saturated rings.